The van der Waals surface area contributed by atoms with Gasteiger partial charge in [-0.15, -0.1) is 0 Å². The molecule has 0 saturated carbocycles. The fourth-order valence-corrected chi connectivity index (χ4v) is 0.751. The minimum absolute atomic E-state index is 0.0939. The third kappa shape index (κ3) is 2.27. The second-order valence-electron chi connectivity index (χ2n) is 2.32. The number of rotatable bonds is 2. The van der Waals surface area contributed by atoms with Crippen molar-refractivity contribution in [3.05, 3.63) is 24.3 Å². The first-order valence-electron chi connectivity index (χ1n) is 3.72. The molecule has 0 radical (unpaired) electrons. The standard InChI is InChI=1S/C9H10O3/c1-2-9(11)12-8-5-3-4-7(10)6-8/h3-6,10H,2H2,1H3. The average molecular weight is 166 g/mol. The second-order valence-corrected chi connectivity index (χ2v) is 2.32. The Morgan fingerprint density at radius 3 is 2.92 bits per heavy atom. The van der Waals surface area contributed by atoms with Gasteiger partial charge < -0.3 is 9.84 Å². The lowest BCUT2D eigenvalue weighted by atomic mass is 10.3. The Labute approximate surface area is 70.6 Å². The van der Waals surface area contributed by atoms with E-state index >= 15 is 0 Å². The van der Waals surface area contributed by atoms with Crippen LogP contribution in [0.25, 0.3) is 0 Å². The summed E-state index contributed by atoms with van der Waals surface area (Å²) in [7, 11) is 0. The lowest BCUT2D eigenvalue weighted by molar-refractivity contribution is -0.134. The van der Waals surface area contributed by atoms with Crippen LogP contribution in [-0.2, 0) is 4.79 Å². The van der Waals surface area contributed by atoms with Crippen LogP contribution < -0.4 is 4.74 Å². The number of phenolic OH excluding ortho intramolecular Hbond substituents is 1. The molecule has 12 heavy (non-hydrogen) atoms. The van der Waals surface area contributed by atoms with Crippen LogP contribution in [0, 0.1) is 0 Å². The van der Waals surface area contributed by atoms with Crippen molar-refractivity contribution in [1.82, 2.24) is 0 Å². The number of aromatic hydroxyl groups is 1. The van der Waals surface area contributed by atoms with Crippen molar-refractivity contribution in [3.63, 3.8) is 0 Å². The summed E-state index contributed by atoms with van der Waals surface area (Å²) >= 11 is 0. The largest absolute Gasteiger partial charge is 0.508 e. The van der Waals surface area contributed by atoms with Gasteiger partial charge in [0.05, 0.1) is 0 Å². The summed E-state index contributed by atoms with van der Waals surface area (Å²) in [5, 5.41) is 9.01. The lowest BCUT2D eigenvalue weighted by Gasteiger charge is -2.01. The van der Waals surface area contributed by atoms with Crippen LogP contribution in [0.15, 0.2) is 24.3 Å². The van der Waals surface area contributed by atoms with Gasteiger partial charge in [-0.1, -0.05) is 13.0 Å². The van der Waals surface area contributed by atoms with Gasteiger partial charge in [-0.3, -0.25) is 4.79 Å². The molecule has 0 amide bonds. The molecule has 0 atom stereocenters. The molecule has 0 bridgehead atoms. The zero-order valence-corrected chi connectivity index (χ0v) is 6.78. The summed E-state index contributed by atoms with van der Waals surface area (Å²) < 4.78 is 4.85. The Morgan fingerprint density at radius 2 is 2.33 bits per heavy atom. The first-order valence-corrected chi connectivity index (χ1v) is 3.72. The van der Waals surface area contributed by atoms with Gasteiger partial charge in [-0.05, 0) is 12.1 Å². The van der Waals surface area contributed by atoms with Crippen molar-refractivity contribution >= 4 is 5.97 Å². The maximum absolute atomic E-state index is 10.8. The number of benzene rings is 1. The highest BCUT2D eigenvalue weighted by atomic mass is 16.5. The van der Waals surface area contributed by atoms with Crippen LogP contribution in [-0.4, -0.2) is 11.1 Å². The second kappa shape index (κ2) is 3.76. The topological polar surface area (TPSA) is 46.5 Å². The maximum Gasteiger partial charge on any atom is 0.310 e. The summed E-state index contributed by atoms with van der Waals surface area (Å²) in [6.07, 6.45) is 0.329. The van der Waals surface area contributed by atoms with E-state index in [1.165, 1.54) is 12.1 Å². The predicted molar refractivity (Wildman–Crippen MR) is 44.0 cm³/mol. The Morgan fingerprint density at radius 1 is 1.58 bits per heavy atom. The molecule has 0 aliphatic carbocycles. The molecule has 1 rings (SSSR count). The monoisotopic (exact) mass is 166 g/mol. The fraction of sp³-hybridized carbons (Fsp3) is 0.222. The van der Waals surface area contributed by atoms with Gasteiger partial charge in [0, 0.05) is 12.5 Å². The number of carbonyl (C=O) groups excluding carboxylic acids is 1. The predicted octanol–water partition coefficient (Wildman–Crippen LogP) is 1.71. The minimum Gasteiger partial charge on any atom is -0.508 e. The van der Waals surface area contributed by atoms with Gasteiger partial charge in [0.2, 0.25) is 0 Å². The number of esters is 1. The molecular formula is C9H10O3. The summed E-state index contributed by atoms with van der Waals surface area (Å²) in [6.45, 7) is 1.71. The van der Waals surface area contributed by atoms with E-state index in [0.29, 0.717) is 12.2 Å². The van der Waals surface area contributed by atoms with E-state index in [1.54, 1.807) is 19.1 Å². The van der Waals surface area contributed by atoms with Crippen LogP contribution in [0.5, 0.6) is 11.5 Å². The van der Waals surface area contributed by atoms with Gasteiger partial charge in [-0.2, -0.15) is 0 Å². The molecule has 0 fully saturated rings. The first-order chi connectivity index (χ1) is 5.72. The van der Waals surface area contributed by atoms with Crippen LogP contribution in [0.2, 0.25) is 0 Å². The average Bonchev–Trinajstić information content (AvgIpc) is 2.04. The van der Waals surface area contributed by atoms with E-state index in [1.807, 2.05) is 0 Å². The molecule has 3 nitrogen and oxygen atoms in total. The molecule has 0 saturated heterocycles. The molecule has 0 unspecified atom stereocenters. The molecule has 0 aliphatic heterocycles. The van der Waals surface area contributed by atoms with Gasteiger partial charge in [0.25, 0.3) is 0 Å². The van der Waals surface area contributed by atoms with E-state index in [0.717, 1.165) is 0 Å². The Balaban J connectivity index is 2.69. The van der Waals surface area contributed by atoms with Crippen molar-refractivity contribution in [3.8, 4) is 11.5 Å². The number of hydrogen-bond acceptors (Lipinski definition) is 3. The molecule has 64 valence electrons. The SMILES string of the molecule is CCC(=O)Oc1cccc(O)c1. The highest BCUT2D eigenvalue weighted by Crippen LogP contribution is 2.17. The van der Waals surface area contributed by atoms with Crippen molar-refractivity contribution < 1.29 is 14.6 Å². The molecule has 1 aromatic rings. The Hall–Kier alpha value is -1.51. The number of hydrogen-bond donors (Lipinski definition) is 1. The van der Waals surface area contributed by atoms with E-state index in [-0.39, 0.29) is 11.7 Å². The smallest absolute Gasteiger partial charge is 0.310 e. The quantitative estimate of drug-likeness (QED) is 0.537. The first kappa shape index (κ1) is 8.59. The number of ether oxygens (including phenoxy) is 1. The summed E-state index contributed by atoms with van der Waals surface area (Å²) in [6, 6.07) is 6.15. The van der Waals surface area contributed by atoms with Crippen molar-refractivity contribution in [1.29, 1.82) is 0 Å². The van der Waals surface area contributed by atoms with E-state index < -0.39 is 0 Å². The fourth-order valence-electron chi connectivity index (χ4n) is 0.751. The van der Waals surface area contributed by atoms with Gasteiger partial charge in [0.15, 0.2) is 0 Å². The third-order valence-corrected chi connectivity index (χ3v) is 1.34. The van der Waals surface area contributed by atoms with Gasteiger partial charge in [-0.25, -0.2) is 0 Å². The minimum atomic E-state index is -0.305. The zero-order valence-electron chi connectivity index (χ0n) is 6.78. The molecule has 0 heterocycles. The molecule has 0 spiro atoms. The molecule has 1 N–H and O–H groups in total. The molecule has 3 heteroatoms. The van der Waals surface area contributed by atoms with E-state index in [4.69, 9.17) is 9.84 Å². The Bertz CT molecular complexity index is 281. The van der Waals surface area contributed by atoms with Crippen molar-refractivity contribution in [2.45, 2.75) is 13.3 Å². The van der Waals surface area contributed by atoms with Gasteiger partial charge in [0.1, 0.15) is 11.5 Å². The van der Waals surface area contributed by atoms with E-state index in [9.17, 15) is 4.79 Å². The van der Waals surface area contributed by atoms with E-state index in [2.05, 4.69) is 0 Å². The number of phenols is 1. The van der Waals surface area contributed by atoms with Crippen LogP contribution in [0.1, 0.15) is 13.3 Å². The lowest BCUT2D eigenvalue weighted by Crippen LogP contribution is -2.04. The van der Waals surface area contributed by atoms with Crippen molar-refractivity contribution in [2.75, 3.05) is 0 Å². The summed E-state index contributed by atoms with van der Waals surface area (Å²) in [4.78, 5) is 10.8. The normalized spacial score (nSPS) is 9.42. The third-order valence-electron chi connectivity index (χ3n) is 1.34. The maximum atomic E-state index is 10.8. The highest BCUT2D eigenvalue weighted by Gasteiger charge is 2.00. The van der Waals surface area contributed by atoms with Gasteiger partial charge >= 0.3 is 5.97 Å². The zero-order chi connectivity index (χ0) is 8.97. The number of carbonyl (C=O) groups is 1. The molecular weight excluding hydrogens is 156 g/mol. The Kier molecular flexibility index (Phi) is 2.69. The van der Waals surface area contributed by atoms with Crippen molar-refractivity contribution in [2.24, 2.45) is 0 Å². The molecule has 0 aromatic heterocycles. The summed E-state index contributed by atoms with van der Waals surface area (Å²) in [5.41, 5.74) is 0. The molecule has 1 aromatic carbocycles. The van der Waals surface area contributed by atoms with Crippen LogP contribution in [0.3, 0.4) is 0 Å². The molecule has 0 aliphatic rings. The summed E-state index contributed by atoms with van der Waals surface area (Å²) in [5.74, 6) is 0.166. The highest BCUT2D eigenvalue weighted by molar-refractivity contribution is 5.72. The van der Waals surface area contributed by atoms with Crippen LogP contribution in [0.4, 0.5) is 0 Å². The van der Waals surface area contributed by atoms with Crippen LogP contribution >= 0.6 is 0 Å².